The van der Waals surface area contributed by atoms with Gasteiger partial charge in [0, 0.05) is 17.3 Å². The lowest BCUT2D eigenvalue weighted by Crippen LogP contribution is -2.02. The van der Waals surface area contributed by atoms with Crippen molar-refractivity contribution in [1.29, 1.82) is 0 Å². The summed E-state index contributed by atoms with van der Waals surface area (Å²) in [7, 11) is 0. The minimum Gasteiger partial charge on any atom is -0.266 e. The van der Waals surface area contributed by atoms with Crippen molar-refractivity contribution in [3.63, 3.8) is 0 Å². The molecule has 0 aliphatic carbocycles. The fourth-order valence-electron chi connectivity index (χ4n) is 2.08. The third kappa shape index (κ3) is 3.03. The molecular formula is C16H11BrF2N2. The van der Waals surface area contributed by atoms with Crippen molar-refractivity contribution >= 4 is 15.9 Å². The molecule has 1 heterocycles. The summed E-state index contributed by atoms with van der Waals surface area (Å²) >= 11 is 3.43. The van der Waals surface area contributed by atoms with Gasteiger partial charge in [0.15, 0.2) is 0 Å². The van der Waals surface area contributed by atoms with Gasteiger partial charge in [-0.1, -0.05) is 18.2 Å². The minimum absolute atomic E-state index is 0.257. The second-order valence-electron chi connectivity index (χ2n) is 4.62. The van der Waals surface area contributed by atoms with Crippen LogP contribution in [0.1, 0.15) is 5.56 Å². The standard InChI is InChI=1S/C16H11BrF2N2/c17-14-10-21(9-12-3-1-2-4-15(12)19)20-16(14)11-5-7-13(18)8-6-11/h1-8,10H,9H2. The van der Waals surface area contributed by atoms with Gasteiger partial charge in [0.1, 0.15) is 17.3 Å². The Morgan fingerprint density at radius 1 is 1.00 bits per heavy atom. The van der Waals surface area contributed by atoms with Crippen LogP contribution in [0.25, 0.3) is 11.3 Å². The van der Waals surface area contributed by atoms with Crippen molar-refractivity contribution in [1.82, 2.24) is 9.78 Å². The molecule has 2 nitrogen and oxygen atoms in total. The van der Waals surface area contributed by atoms with Crippen LogP contribution in [-0.2, 0) is 6.54 Å². The van der Waals surface area contributed by atoms with Gasteiger partial charge in [-0.3, -0.25) is 4.68 Å². The third-order valence-corrected chi connectivity index (χ3v) is 3.71. The highest BCUT2D eigenvalue weighted by molar-refractivity contribution is 9.10. The van der Waals surface area contributed by atoms with E-state index in [1.807, 2.05) is 0 Å². The van der Waals surface area contributed by atoms with Crippen molar-refractivity contribution in [2.24, 2.45) is 0 Å². The van der Waals surface area contributed by atoms with Gasteiger partial charge < -0.3 is 0 Å². The summed E-state index contributed by atoms with van der Waals surface area (Å²) in [5.74, 6) is -0.548. The number of nitrogens with zero attached hydrogens (tertiary/aromatic N) is 2. The topological polar surface area (TPSA) is 17.8 Å². The summed E-state index contributed by atoms with van der Waals surface area (Å²) in [5.41, 5.74) is 2.07. The maximum absolute atomic E-state index is 13.7. The maximum Gasteiger partial charge on any atom is 0.128 e. The van der Waals surface area contributed by atoms with Crippen LogP contribution in [0.5, 0.6) is 0 Å². The Balaban J connectivity index is 1.91. The molecule has 0 saturated heterocycles. The van der Waals surface area contributed by atoms with Crippen LogP contribution in [0.3, 0.4) is 0 Å². The summed E-state index contributed by atoms with van der Waals surface area (Å²) in [6.07, 6.45) is 1.78. The molecule has 0 bridgehead atoms. The van der Waals surface area contributed by atoms with Gasteiger partial charge in [0.2, 0.25) is 0 Å². The average molecular weight is 349 g/mol. The largest absolute Gasteiger partial charge is 0.266 e. The van der Waals surface area contributed by atoms with Crippen molar-refractivity contribution < 1.29 is 8.78 Å². The number of halogens is 3. The summed E-state index contributed by atoms with van der Waals surface area (Å²) in [6.45, 7) is 0.340. The van der Waals surface area contributed by atoms with Crippen molar-refractivity contribution in [3.05, 3.63) is 76.4 Å². The Morgan fingerprint density at radius 3 is 2.43 bits per heavy atom. The highest BCUT2D eigenvalue weighted by Gasteiger charge is 2.10. The van der Waals surface area contributed by atoms with E-state index >= 15 is 0 Å². The van der Waals surface area contributed by atoms with Crippen molar-refractivity contribution in [2.75, 3.05) is 0 Å². The monoisotopic (exact) mass is 348 g/mol. The van der Waals surface area contributed by atoms with Gasteiger partial charge in [-0.15, -0.1) is 0 Å². The highest BCUT2D eigenvalue weighted by atomic mass is 79.9. The van der Waals surface area contributed by atoms with E-state index in [0.717, 1.165) is 10.0 Å². The van der Waals surface area contributed by atoms with E-state index in [1.165, 1.54) is 18.2 Å². The molecule has 0 fully saturated rings. The van der Waals surface area contributed by atoms with E-state index in [9.17, 15) is 8.78 Å². The summed E-state index contributed by atoms with van der Waals surface area (Å²) in [6, 6.07) is 12.7. The van der Waals surface area contributed by atoms with Gasteiger partial charge in [-0.2, -0.15) is 5.10 Å². The van der Waals surface area contributed by atoms with Crippen LogP contribution >= 0.6 is 15.9 Å². The molecule has 2 aromatic carbocycles. The molecule has 0 unspecified atom stereocenters. The van der Waals surface area contributed by atoms with E-state index in [0.29, 0.717) is 17.8 Å². The van der Waals surface area contributed by atoms with Crippen LogP contribution in [0.2, 0.25) is 0 Å². The van der Waals surface area contributed by atoms with Gasteiger partial charge >= 0.3 is 0 Å². The maximum atomic E-state index is 13.7. The van der Waals surface area contributed by atoms with Crippen LogP contribution in [-0.4, -0.2) is 9.78 Å². The molecule has 0 amide bonds. The molecule has 0 aliphatic heterocycles. The van der Waals surface area contributed by atoms with E-state index in [2.05, 4.69) is 21.0 Å². The fraction of sp³-hybridized carbons (Fsp3) is 0.0625. The number of benzene rings is 2. The zero-order valence-electron chi connectivity index (χ0n) is 10.9. The molecule has 1 aromatic heterocycles. The van der Waals surface area contributed by atoms with Crippen molar-refractivity contribution in [3.8, 4) is 11.3 Å². The normalized spacial score (nSPS) is 10.8. The molecule has 106 valence electrons. The number of rotatable bonds is 3. The van der Waals surface area contributed by atoms with Crippen LogP contribution in [0.15, 0.2) is 59.2 Å². The molecule has 0 radical (unpaired) electrons. The minimum atomic E-state index is -0.291. The van der Waals surface area contributed by atoms with Gasteiger partial charge in [-0.05, 0) is 46.3 Å². The third-order valence-electron chi connectivity index (χ3n) is 3.12. The van der Waals surface area contributed by atoms with Crippen molar-refractivity contribution in [2.45, 2.75) is 6.54 Å². The predicted octanol–water partition coefficient (Wildman–Crippen LogP) is 4.64. The first-order valence-electron chi connectivity index (χ1n) is 6.36. The lowest BCUT2D eigenvalue weighted by molar-refractivity contribution is 0.585. The Morgan fingerprint density at radius 2 is 1.71 bits per heavy atom. The van der Waals surface area contributed by atoms with E-state index in [-0.39, 0.29) is 11.6 Å². The first-order valence-corrected chi connectivity index (χ1v) is 7.15. The molecule has 21 heavy (non-hydrogen) atoms. The molecule has 3 rings (SSSR count). The van der Waals surface area contributed by atoms with E-state index in [1.54, 1.807) is 41.2 Å². The molecule has 3 aromatic rings. The number of hydrogen-bond acceptors (Lipinski definition) is 1. The molecule has 0 N–H and O–H groups in total. The molecule has 0 atom stereocenters. The molecule has 0 aliphatic rings. The van der Waals surface area contributed by atoms with Gasteiger partial charge in [0.05, 0.1) is 11.0 Å². The molecule has 5 heteroatoms. The molecular weight excluding hydrogens is 338 g/mol. The summed E-state index contributed by atoms with van der Waals surface area (Å²) in [5, 5.41) is 4.43. The lowest BCUT2D eigenvalue weighted by Gasteiger charge is -2.03. The Labute approximate surface area is 129 Å². The van der Waals surface area contributed by atoms with E-state index in [4.69, 9.17) is 0 Å². The Hall–Kier alpha value is -2.01. The fourth-order valence-corrected chi connectivity index (χ4v) is 2.63. The lowest BCUT2D eigenvalue weighted by atomic mass is 10.1. The van der Waals surface area contributed by atoms with E-state index < -0.39 is 0 Å². The smallest absolute Gasteiger partial charge is 0.128 e. The van der Waals surface area contributed by atoms with Crippen LogP contribution < -0.4 is 0 Å². The average Bonchev–Trinajstić information content (AvgIpc) is 2.83. The van der Waals surface area contributed by atoms with Crippen LogP contribution in [0.4, 0.5) is 8.78 Å². The second-order valence-corrected chi connectivity index (χ2v) is 5.48. The summed E-state index contributed by atoms with van der Waals surface area (Å²) < 4.78 is 29.1. The Bertz CT molecular complexity index is 766. The zero-order valence-corrected chi connectivity index (χ0v) is 12.5. The first-order chi connectivity index (χ1) is 10.1. The first kappa shape index (κ1) is 13.9. The SMILES string of the molecule is Fc1ccc(-c2nn(Cc3ccccc3F)cc2Br)cc1. The summed E-state index contributed by atoms with van der Waals surface area (Å²) in [4.78, 5) is 0. The quantitative estimate of drug-likeness (QED) is 0.674. The van der Waals surface area contributed by atoms with Crippen LogP contribution in [0, 0.1) is 11.6 Å². The highest BCUT2D eigenvalue weighted by Crippen LogP contribution is 2.27. The second kappa shape index (κ2) is 5.77. The molecule has 0 spiro atoms. The number of hydrogen-bond donors (Lipinski definition) is 0. The Kier molecular flexibility index (Phi) is 3.84. The predicted molar refractivity (Wildman–Crippen MR) is 80.8 cm³/mol. The van der Waals surface area contributed by atoms with Gasteiger partial charge in [0.25, 0.3) is 0 Å². The number of aromatic nitrogens is 2. The molecule has 0 saturated carbocycles. The van der Waals surface area contributed by atoms with Gasteiger partial charge in [-0.25, -0.2) is 8.78 Å². The zero-order chi connectivity index (χ0) is 14.8.